The van der Waals surface area contributed by atoms with Crippen molar-refractivity contribution in [3.63, 3.8) is 0 Å². The fourth-order valence-corrected chi connectivity index (χ4v) is 2.57. The molecule has 0 aliphatic heterocycles. The Bertz CT molecular complexity index is 552. The number of para-hydroxylation sites is 1. The van der Waals surface area contributed by atoms with Crippen LogP contribution in [0.3, 0.4) is 0 Å². The van der Waals surface area contributed by atoms with Crippen LogP contribution in [0.5, 0.6) is 0 Å². The van der Waals surface area contributed by atoms with Crippen LogP contribution in [0.4, 0.5) is 5.69 Å². The Balaban J connectivity index is 3.18. The van der Waals surface area contributed by atoms with Gasteiger partial charge in [0, 0.05) is 6.92 Å². The van der Waals surface area contributed by atoms with Gasteiger partial charge in [0.25, 0.3) is 10.1 Å². The lowest BCUT2D eigenvalue weighted by Gasteiger charge is -2.13. The molecule has 0 radical (unpaired) electrons. The standard InChI is InChI=1S/C13H19NO4S/c1-3-4-5-7-11-8-6-9-12(19(16,17)18)13(11)14-10(2)15/h6,8-9H,3-5,7H2,1-2H3,(H,14,15)(H,16,17,18). The van der Waals surface area contributed by atoms with E-state index in [-0.39, 0.29) is 16.5 Å². The lowest BCUT2D eigenvalue weighted by Crippen LogP contribution is -2.13. The molecule has 6 heteroatoms. The number of carbonyl (C=O) groups excluding carboxylic acids is 1. The van der Waals surface area contributed by atoms with E-state index in [0.717, 1.165) is 24.8 Å². The summed E-state index contributed by atoms with van der Waals surface area (Å²) >= 11 is 0. The van der Waals surface area contributed by atoms with Crippen molar-refractivity contribution in [2.75, 3.05) is 5.32 Å². The molecule has 0 bridgehead atoms. The minimum absolute atomic E-state index is 0.189. The molecule has 0 atom stereocenters. The Morgan fingerprint density at radius 3 is 2.53 bits per heavy atom. The van der Waals surface area contributed by atoms with E-state index >= 15 is 0 Å². The average molecular weight is 285 g/mol. The minimum atomic E-state index is -4.35. The van der Waals surface area contributed by atoms with E-state index in [0.29, 0.717) is 6.42 Å². The third kappa shape index (κ3) is 4.65. The molecule has 5 nitrogen and oxygen atoms in total. The summed E-state index contributed by atoms with van der Waals surface area (Å²) in [6.45, 7) is 3.37. The molecular weight excluding hydrogens is 266 g/mol. The van der Waals surface area contributed by atoms with E-state index in [9.17, 15) is 17.8 Å². The van der Waals surface area contributed by atoms with E-state index in [1.165, 1.54) is 13.0 Å². The van der Waals surface area contributed by atoms with Crippen molar-refractivity contribution in [2.24, 2.45) is 0 Å². The number of nitrogens with one attached hydrogen (secondary N) is 1. The molecule has 0 aromatic heterocycles. The first-order valence-electron chi connectivity index (χ1n) is 6.23. The number of rotatable bonds is 6. The number of amides is 1. The van der Waals surface area contributed by atoms with E-state index in [1.54, 1.807) is 12.1 Å². The van der Waals surface area contributed by atoms with Crippen molar-refractivity contribution in [1.29, 1.82) is 0 Å². The Morgan fingerprint density at radius 2 is 2.00 bits per heavy atom. The average Bonchev–Trinajstić information content (AvgIpc) is 2.29. The Labute approximate surface area is 113 Å². The highest BCUT2D eigenvalue weighted by Gasteiger charge is 2.18. The Morgan fingerprint density at radius 1 is 1.32 bits per heavy atom. The number of anilines is 1. The summed E-state index contributed by atoms with van der Waals surface area (Å²) in [5, 5.41) is 2.50. The molecule has 19 heavy (non-hydrogen) atoms. The maximum absolute atomic E-state index is 11.3. The molecule has 1 aromatic rings. The van der Waals surface area contributed by atoms with Crippen LogP contribution in [-0.4, -0.2) is 18.9 Å². The molecule has 0 unspecified atom stereocenters. The molecule has 2 N–H and O–H groups in total. The Hall–Kier alpha value is -1.40. The lowest BCUT2D eigenvalue weighted by molar-refractivity contribution is -0.114. The van der Waals surface area contributed by atoms with Gasteiger partial charge in [-0.05, 0) is 24.5 Å². The summed E-state index contributed by atoms with van der Waals surface area (Å²) in [5.41, 5.74) is 0.910. The maximum Gasteiger partial charge on any atom is 0.296 e. The molecule has 1 rings (SSSR count). The summed E-state index contributed by atoms with van der Waals surface area (Å²) in [7, 11) is -4.35. The third-order valence-electron chi connectivity index (χ3n) is 2.74. The molecule has 1 amide bonds. The SMILES string of the molecule is CCCCCc1cccc(S(=O)(=O)O)c1NC(C)=O. The zero-order valence-electron chi connectivity index (χ0n) is 11.1. The molecule has 0 aliphatic rings. The van der Waals surface area contributed by atoms with Crippen LogP contribution in [0.15, 0.2) is 23.1 Å². The first-order valence-corrected chi connectivity index (χ1v) is 7.67. The first-order chi connectivity index (χ1) is 8.86. The molecular formula is C13H19NO4S. The van der Waals surface area contributed by atoms with E-state index < -0.39 is 10.1 Å². The van der Waals surface area contributed by atoms with Crippen LogP contribution < -0.4 is 5.32 Å². The smallest absolute Gasteiger partial charge is 0.296 e. The van der Waals surface area contributed by atoms with Gasteiger partial charge in [0.1, 0.15) is 4.90 Å². The van der Waals surface area contributed by atoms with Gasteiger partial charge < -0.3 is 5.32 Å². The van der Waals surface area contributed by atoms with Crippen molar-refractivity contribution in [1.82, 2.24) is 0 Å². The number of benzene rings is 1. The van der Waals surface area contributed by atoms with Crippen LogP contribution in [-0.2, 0) is 21.3 Å². The van der Waals surface area contributed by atoms with Gasteiger partial charge in [-0.3, -0.25) is 9.35 Å². The molecule has 0 heterocycles. The van der Waals surface area contributed by atoms with Gasteiger partial charge in [0.2, 0.25) is 5.91 Å². The van der Waals surface area contributed by atoms with Crippen molar-refractivity contribution < 1.29 is 17.8 Å². The summed E-state index contributed by atoms with van der Waals surface area (Å²) < 4.78 is 31.8. The fourth-order valence-electron chi connectivity index (χ4n) is 1.88. The maximum atomic E-state index is 11.3. The summed E-state index contributed by atoms with van der Waals surface area (Å²) in [5.74, 6) is -0.368. The van der Waals surface area contributed by atoms with Gasteiger partial charge >= 0.3 is 0 Å². The van der Waals surface area contributed by atoms with Crippen LogP contribution in [0.25, 0.3) is 0 Å². The van der Waals surface area contributed by atoms with E-state index in [1.807, 2.05) is 0 Å². The number of carbonyl (C=O) groups is 1. The highest BCUT2D eigenvalue weighted by Crippen LogP contribution is 2.27. The second kappa shape index (κ2) is 6.68. The van der Waals surface area contributed by atoms with Gasteiger partial charge in [-0.25, -0.2) is 0 Å². The lowest BCUT2D eigenvalue weighted by atomic mass is 10.1. The van der Waals surface area contributed by atoms with Crippen molar-refractivity contribution in [3.8, 4) is 0 Å². The van der Waals surface area contributed by atoms with Crippen LogP contribution in [0, 0.1) is 0 Å². The number of aryl methyl sites for hydroxylation is 1. The molecule has 0 saturated carbocycles. The minimum Gasteiger partial charge on any atom is -0.325 e. The summed E-state index contributed by atoms with van der Waals surface area (Å²) in [6.07, 6.45) is 3.63. The number of hydrogen-bond acceptors (Lipinski definition) is 3. The van der Waals surface area contributed by atoms with Crippen molar-refractivity contribution in [3.05, 3.63) is 23.8 Å². The molecule has 0 aliphatic carbocycles. The molecule has 0 spiro atoms. The quantitative estimate of drug-likeness (QED) is 0.621. The predicted molar refractivity (Wildman–Crippen MR) is 73.8 cm³/mol. The number of hydrogen-bond donors (Lipinski definition) is 2. The van der Waals surface area contributed by atoms with E-state index in [4.69, 9.17) is 0 Å². The van der Waals surface area contributed by atoms with Crippen LogP contribution >= 0.6 is 0 Å². The van der Waals surface area contributed by atoms with Gasteiger partial charge in [-0.2, -0.15) is 8.42 Å². The van der Waals surface area contributed by atoms with Crippen molar-refractivity contribution in [2.45, 2.75) is 44.4 Å². The largest absolute Gasteiger partial charge is 0.325 e. The first kappa shape index (κ1) is 15.7. The monoisotopic (exact) mass is 285 g/mol. The van der Waals surface area contributed by atoms with Crippen molar-refractivity contribution >= 4 is 21.7 Å². The molecule has 1 aromatic carbocycles. The molecule has 0 fully saturated rings. The zero-order chi connectivity index (χ0) is 14.5. The highest BCUT2D eigenvalue weighted by atomic mass is 32.2. The molecule has 106 valence electrons. The van der Waals surface area contributed by atoms with E-state index in [2.05, 4.69) is 12.2 Å². The normalized spacial score (nSPS) is 11.3. The second-order valence-electron chi connectivity index (χ2n) is 4.40. The zero-order valence-corrected chi connectivity index (χ0v) is 12.0. The topological polar surface area (TPSA) is 83.5 Å². The van der Waals surface area contributed by atoms with Gasteiger partial charge in [-0.15, -0.1) is 0 Å². The predicted octanol–water partition coefficient (Wildman–Crippen LogP) is 2.62. The van der Waals surface area contributed by atoms with Gasteiger partial charge in [0.15, 0.2) is 0 Å². The van der Waals surface area contributed by atoms with Crippen LogP contribution in [0.1, 0.15) is 38.7 Å². The summed E-state index contributed by atoms with van der Waals surface area (Å²) in [6, 6.07) is 4.61. The van der Waals surface area contributed by atoms with Gasteiger partial charge in [-0.1, -0.05) is 31.9 Å². The number of unbranched alkanes of at least 4 members (excludes halogenated alkanes) is 2. The second-order valence-corrected chi connectivity index (χ2v) is 5.79. The fraction of sp³-hybridized carbons (Fsp3) is 0.462. The summed E-state index contributed by atoms with van der Waals surface area (Å²) in [4.78, 5) is 10.9. The Kier molecular flexibility index (Phi) is 5.50. The van der Waals surface area contributed by atoms with Gasteiger partial charge in [0.05, 0.1) is 5.69 Å². The third-order valence-corrected chi connectivity index (χ3v) is 3.64. The highest BCUT2D eigenvalue weighted by molar-refractivity contribution is 7.86. The molecule has 0 saturated heterocycles. The van der Waals surface area contributed by atoms with Crippen LogP contribution in [0.2, 0.25) is 0 Å².